The van der Waals surface area contributed by atoms with E-state index >= 15 is 0 Å². The normalized spacial score (nSPS) is 19.0. The fourth-order valence-corrected chi connectivity index (χ4v) is 5.37. The number of amides is 1. The number of nitrogens with one attached hydrogen (secondary N) is 1. The maximum atomic E-state index is 12.2. The van der Waals surface area contributed by atoms with E-state index in [-0.39, 0.29) is 29.8 Å². The summed E-state index contributed by atoms with van der Waals surface area (Å²) in [5.41, 5.74) is 2.47. The summed E-state index contributed by atoms with van der Waals surface area (Å²) in [5.74, 6) is 0.911. The lowest BCUT2D eigenvalue weighted by molar-refractivity contribution is -0.117. The molecule has 27 heavy (non-hydrogen) atoms. The molecule has 3 aromatic rings. The van der Waals surface area contributed by atoms with Crippen LogP contribution in [0.5, 0.6) is 0 Å². The number of para-hydroxylation sites is 1. The van der Waals surface area contributed by atoms with Gasteiger partial charge in [-0.05, 0) is 55.2 Å². The Morgan fingerprint density at radius 2 is 1.89 bits per heavy atom. The zero-order valence-corrected chi connectivity index (χ0v) is 15.7. The molecule has 4 rings (SSSR count). The number of hydrogen-bond acceptors (Lipinski definition) is 4. The SMILES string of the molecule is O=C(C[C@H]1CCCS(=O)(=O)C1)Nc1ccc(-c2cc3ccccc3o2)cc1. The van der Waals surface area contributed by atoms with Gasteiger partial charge in [0, 0.05) is 23.1 Å². The fourth-order valence-electron chi connectivity index (χ4n) is 3.59. The second-order valence-corrected chi connectivity index (χ2v) is 9.33. The summed E-state index contributed by atoms with van der Waals surface area (Å²) in [6.45, 7) is 0. The van der Waals surface area contributed by atoms with Gasteiger partial charge in [0.2, 0.25) is 5.91 Å². The predicted octanol–water partition coefficient (Wildman–Crippen LogP) is 4.25. The first kappa shape index (κ1) is 17.8. The van der Waals surface area contributed by atoms with E-state index in [0.717, 1.165) is 28.7 Å². The van der Waals surface area contributed by atoms with Gasteiger partial charge in [-0.25, -0.2) is 8.42 Å². The predicted molar refractivity (Wildman–Crippen MR) is 106 cm³/mol. The molecule has 0 saturated carbocycles. The largest absolute Gasteiger partial charge is 0.456 e. The number of hydrogen-bond donors (Lipinski definition) is 1. The molecule has 2 heterocycles. The maximum absolute atomic E-state index is 12.2. The number of benzene rings is 2. The monoisotopic (exact) mass is 383 g/mol. The number of carbonyl (C=O) groups is 1. The molecule has 1 aromatic heterocycles. The summed E-state index contributed by atoms with van der Waals surface area (Å²) in [5, 5.41) is 3.91. The average Bonchev–Trinajstić information content (AvgIpc) is 3.05. The third-order valence-electron chi connectivity index (χ3n) is 4.91. The Morgan fingerprint density at radius 1 is 1.11 bits per heavy atom. The number of anilines is 1. The van der Waals surface area contributed by atoms with Gasteiger partial charge in [0.05, 0.1) is 11.5 Å². The first-order valence-corrected chi connectivity index (χ1v) is 10.9. The molecular weight excluding hydrogens is 362 g/mol. The van der Waals surface area contributed by atoms with Crippen molar-refractivity contribution < 1.29 is 17.6 Å². The Labute approximate surface area is 158 Å². The molecule has 1 aliphatic rings. The summed E-state index contributed by atoms with van der Waals surface area (Å²) in [6, 6.07) is 17.3. The molecule has 1 amide bonds. The Morgan fingerprint density at radius 3 is 2.63 bits per heavy atom. The van der Waals surface area contributed by atoms with E-state index in [0.29, 0.717) is 12.1 Å². The van der Waals surface area contributed by atoms with E-state index in [4.69, 9.17) is 4.42 Å². The van der Waals surface area contributed by atoms with Gasteiger partial charge in [0.25, 0.3) is 0 Å². The third kappa shape index (κ3) is 4.22. The maximum Gasteiger partial charge on any atom is 0.224 e. The molecule has 6 heteroatoms. The van der Waals surface area contributed by atoms with Crippen LogP contribution < -0.4 is 5.32 Å². The van der Waals surface area contributed by atoms with Crippen molar-refractivity contribution in [1.29, 1.82) is 0 Å². The zero-order valence-electron chi connectivity index (χ0n) is 14.9. The zero-order chi connectivity index (χ0) is 18.9. The minimum atomic E-state index is -2.99. The van der Waals surface area contributed by atoms with Crippen molar-refractivity contribution in [2.75, 3.05) is 16.8 Å². The number of sulfone groups is 1. The van der Waals surface area contributed by atoms with Crippen molar-refractivity contribution in [3.8, 4) is 11.3 Å². The van der Waals surface area contributed by atoms with E-state index in [1.54, 1.807) is 0 Å². The Balaban J connectivity index is 1.41. The molecule has 0 radical (unpaired) electrons. The molecule has 1 saturated heterocycles. The van der Waals surface area contributed by atoms with Crippen LogP contribution in [0.2, 0.25) is 0 Å². The Kier molecular flexibility index (Phi) is 4.74. The van der Waals surface area contributed by atoms with Gasteiger partial charge in [-0.3, -0.25) is 4.79 Å². The topological polar surface area (TPSA) is 76.4 Å². The van der Waals surface area contributed by atoms with Crippen LogP contribution in [0.3, 0.4) is 0 Å². The van der Waals surface area contributed by atoms with E-state index < -0.39 is 9.84 Å². The molecule has 0 spiro atoms. The lowest BCUT2D eigenvalue weighted by atomic mass is 10.0. The number of fused-ring (bicyclic) bond motifs is 1. The molecule has 0 unspecified atom stereocenters. The first-order valence-electron chi connectivity index (χ1n) is 9.08. The minimum Gasteiger partial charge on any atom is -0.456 e. The van der Waals surface area contributed by atoms with E-state index in [1.807, 2.05) is 54.6 Å². The van der Waals surface area contributed by atoms with Crippen molar-refractivity contribution in [2.24, 2.45) is 5.92 Å². The van der Waals surface area contributed by atoms with Gasteiger partial charge in [-0.15, -0.1) is 0 Å². The van der Waals surface area contributed by atoms with Crippen molar-refractivity contribution in [2.45, 2.75) is 19.3 Å². The van der Waals surface area contributed by atoms with Crippen LogP contribution in [0.1, 0.15) is 19.3 Å². The standard InChI is InChI=1S/C21H21NO4S/c23-21(12-15-4-3-11-27(24,25)14-15)22-18-9-7-16(8-10-18)20-13-17-5-1-2-6-19(17)26-20/h1-2,5-10,13,15H,3-4,11-12,14H2,(H,22,23)/t15-/m1/s1. The molecule has 140 valence electrons. The Hall–Kier alpha value is -2.60. The molecule has 1 atom stereocenters. The summed E-state index contributed by atoms with van der Waals surface area (Å²) >= 11 is 0. The highest BCUT2D eigenvalue weighted by molar-refractivity contribution is 7.91. The van der Waals surface area contributed by atoms with Crippen molar-refractivity contribution in [3.05, 3.63) is 54.6 Å². The number of carbonyl (C=O) groups excluding carboxylic acids is 1. The van der Waals surface area contributed by atoms with Gasteiger partial charge < -0.3 is 9.73 Å². The molecule has 5 nitrogen and oxygen atoms in total. The molecule has 0 bridgehead atoms. The van der Waals surface area contributed by atoms with Crippen LogP contribution in [-0.4, -0.2) is 25.8 Å². The lowest BCUT2D eigenvalue weighted by Gasteiger charge is -2.21. The Bertz CT molecular complexity index is 1030. The van der Waals surface area contributed by atoms with Gasteiger partial charge >= 0.3 is 0 Å². The van der Waals surface area contributed by atoms with Crippen LogP contribution in [0.15, 0.2) is 59.0 Å². The summed E-state index contributed by atoms with van der Waals surface area (Å²) in [6.07, 6.45) is 1.68. The molecule has 1 aliphatic heterocycles. The highest BCUT2D eigenvalue weighted by Gasteiger charge is 2.26. The third-order valence-corrected chi connectivity index (χ3v) is 6.80. The van der Waals surface area contributed by atoms with E-state index in [9.17, 15) is 13.2 Å². The summed E-state index contributed by atoms with van der Waals surface area (Å²) in [4.78, 5) is 12.2. The summed E-state index contributed by atoms with van der Waals surface area (Å²) in [7, 11) is -2.99. The van der Waals surface area contributed by atoms with Crippen LogP contribution in [0.25, 0.3) is 22.3 Å². The summed E-state index contributed by atoms with van der Waals surface area (Å²) < 4.78 is 29.2. The van der Waals surface area contributed by atoms with Gasteiger partial charge in [0.1, 0.15) is 11.3 Å². The molecule has 1 N–H and O–H groups in total. The second-order valence-electron chi connectivity index (χ2n) is 7.10. The van der Waals surface area contributed by atoms with Gasteiger partial charge in [-0.1, -0.05) is 18.2 Å². The molecule has 1 fully saturated rings. The van der Waals surface area contributed by atoms with Crippen LogP contribution in [-0.2, 0) is 14.6 Å². The van der Waals surface area contributed by atoms with Crippen molar-refractivity contribution >= 4 is 32.4 Å². The first-order chi connectivity index (χ1) is 13.0. The highest BCUT2D eigenvalue weighted by atomic mass is 32.2. The molecule has 2 aromatic carbocycles. The van der Waals surface area contributed by atoms with Crippen molar-refractivity contribution in [3.63, 3.8) is 0 Å². The van der Waals surface area contributed by atoms with Crippen LogP contribution in [0.4, 0.5) is 5.69 Å². The van der Waals surface area contributed by atoms with E-state index in [1.165, 1.54) is 0 Å². The van der Waals surface area contributed by atoms with Crippen LogP contribution >= 0.6 is 0 Å². The number of furan rings is 1. The van der Waals surface area contributed by atoms with E-state index in [2.05, 4.69) is 5.32 Å². The molecule has 0 aliphatic carbocycles. The fraction of sp³-hybridized carbons (Fsp3) is 0.286. The van der Waals surface area contributed by atoms with Gasteiger partial charge in [0.15, 0.2) is 9.84 Å². The van der Waals surface area contributed by atoms with Crippen molar-refractivity contribution in [1.82, 2.24) is 0 Å². The second kappa shape index (κ2) is 7.19. The van der Waals surface area contributed by atoms with Crippen LogP contribution in [0, 0.1) is 5.92 Å². The number of rotatable bonds is 4. The average molecular weight is 383 g/mol. The lowest BCUT2D eigenvalue weighted by Crippen LogP contribution is -2.28. The van der Waals surface area contributed by atoms with Gasteiger partial charge in [-0.2, -0.15) is 0 Å². The minimum absolute atomic E-state index is 0.0847. The quantitative estimate of drug-likeness (QED) is 0.731. The molecular formula is C21H21NO4S. The highest BCUT2D eigenvalue weighted by Crippen LogP contribution is 2.28. The smallest absolute Gasteiger partial charge is 0.224 e.